The Bertz CT molecular complexity index is 1140. The molecule has 0 amide bonds. The number of allylic oxidation sites excluding steroid dienone is 4. The van der Waals surface area contributed by atoms with E-state index in [1.54, 1.807) is 7.05 Å². The van der Waals surface area contributed by atoms with Crippen LogP contribution in [0.3, 0.4) is 0 Å². The Kier molecular flexibility index (Phi) is 14.7. The zero-order valence-corrected chi connectivity index (χ0v) is 24.9. The van der Waals surface area contributed by atoms with E-state index in [-0.39, 0.29) is 0 Å². The second kappa shape index (κ2) is 18.0. The maximum atomic E-state index is 6.17. The molecule has 0 saturated heterocycles. The molecule has 0 radical (unpaired) electrons. The Hall–Kier alpha value is -3.35. The van der Waals surface area contributed by atoms with Gasteiger partial charge in [0.05, 0.1) is 37.4 Å². The molecule has 39 heavy (non-hydrogen) atoms. The lowest BCUT2D eigenvalue weighted by Gasteiger charge is -2.12. The van der Waals surface area contributed by atoms with Gasteiger partial charge in [0.25, 0.3) is 0 Å². The number of ether oxygens (including phenoxy) is 2. The van der Waals surface area contributed by atoms with Gasteiger partial charge < -0.3 is 14.0 Å². The van der Waals surface area contributed by atoms with Crippen LogP contribution in [0.15, 0.2) is 74.9 Å². The molecule has 1 aliphatic rings. The normalized spacial score (nSPS) is 13.8. The highest BCUT2D eigenvalue weighted by Gasteiger charge is 2.19. The average Bonchev–Trinajstić information content (AvgIpc) is 3.25. The largest absolute Gasteiger partial charge is 0.498 e. The van der Waals surface area contributed by atoms with Crippen LogP contribution >= 0.6 is 0 Å². The minimum absolute atomic E-state index is 0.377. The molecule has 1 heterocycles. The van der Waals surface area contributed by atoms with Crippen molar-refractivity contribution in [3.8, 4) is 5.75 Å². The second-order valence-electron chi connectivity index (χ2n) is 9.70. The molecule has 1 aliphatic carbocycles. The fourth-order valence-corrected chi connectivity index (χ4v) is 3.91. The molecule has 1 N–H and O–H groups in total. The SMILES string of the molecule is C=C(NN=NC)C1=CC=C(OCCCCOc2ccc3c(C(C)CC)noc3c2CCC)CC=C1.CCCC. The number of hydrogen-bond acceptors (Lipinski definition) is 6. The first-order chi connectivity index (χ1) is 19.0. The van der Waals surface area contributed by atoms with E-state index in [1.807, 2.05) is 18.2 Å². The molecule has 1 aromatic carbocycles. The molecule has 1 atom stereocenters. The fourth-order valence-electron chi connectivity index (χ4n) is 3.91. The Balaban J connectivity index is 0.00000124. The van der Waals surface area contributed by atoms with Crippen molar-refractivity contribution in [2.75, 3.05) is 20.3 Å². The van der Waals surface area contributed by atoms with Crippen LogP contribution < -0.4 is 10.2 Å². The highest BCUT2D eigenvalue weighted by molar-refractivity contribution is 5.85. The zero-order chi connectivity index (χ0) is 28.5. The van der Waals surface area contributed by atoms with Crippen molar-refractivity contribution in [3.05, 3.63) is 71.3 Å². The van der Waals surface area contributed by atoms with Gasteiger partial charge in [-0.1, -0.05) is 83.0 Å². The van der Waals surface area contributed by atoms with E-state index in [0.717, 1.165) is 77.8 Å². The summed E-state index contributed by atoms with van der Waals surface area (Å²) in [7, 11) is 1.61. The van der Waals surface area contributed by atoms with Crippen LogP contribution in [0.1, 0.15) is 96.7 Å². The molecule has 7 heteroatoms. The van der Waals surface area contributed by atoms with Crippen molar-refractivity contribution in [1.29, 1.82) is 0 Å². The second-order valence-corrected chi connectivity index (χ2v) is 9.70. The summed E-state index contributed by atoms with van der Waals surface area (Å²) in [6, 6.07) is 4.16. The summed E-state index contributed by atoms with van der Waals surface area (Å²) in [5.74, 6) is 2.21. The Labute approximate surface area is 235 Å². The smallest absolute Gasteiger partial charge is 0.174 e. The number of fused-ring (bicyclic) bond motifs is 1. The van der Waals surface area contributed by atoms with E-state index in [1.165, 1.54) is 12.8 Å². The number of unbranched alkanes of at least 4 members (excludes halogenated alkanes) is 2. The van der Waals surface area contributed by atoms with Gasteiger partial charge in [0, 0.05) is 23.3 Å². The summed E-state index contributed by atoms with van der Waals surface area (Å²) >= 11 is 0. The van der Waals surface area contributed by atoms with Crippen molar-refractivity contribution in [2.45, 2.75) is 91.9 Å². The summed E-state index contributed by atoms with van der Waals surface area (Å²) in [5.41, 5.74) is 7.49. The van der Waals surface area contributed by atoms with Crippen LogP contribution in [0.5, 0.6) is 5.75 Å². The molecule has 1 unspecified atom stereocenters. The maximum Gasteiger partial charge on any atom is 0.174 e. The lowest BCUT2D eigenvalue weighted by atomic mass is 9.98. The third-order valence-electron chi connectivity index (χ3n) is 6.59. The van der Waals surface area contributed by atoms with E-state index >= 15 is 0 Å². The summed E-state index contributed by atoms with van der Waals surface area (Å²) < 4.78 is 17.9. The van der Waals surface area contributed by atoms with Crippen LogP contribution in [-0.4, -0.2) is 25.4 Å². The summed E-state index contributed by atoms with van der Waals surface area (Å²) in [4.78, 5) is 0. The fraction of sp³-hybridized carbons (Fsp3) is 0.531. The molecular weight excluding hydrogens is 488 g/mol. The quantitative estimate of drug-likeness (QED) is 0.139. The van der Waals surface area contributed by atoms with Crippen LogP contribution in [0.2, 0.25) is 0 Å². The predicted molar refractivity (Wildman–Crippen MR) is 161 cm³/mol. The van der Waals surface area contributed by atoms with Crippen LogP contribution in [0.25, 0.3) is 11.0 Å². The van der Waals surface area contributed by atoms with Crippen molar-refractivity contribution in [2.24, 2.45) is 10.3 Å². The zero-order valence-electron chi connectivity index (χ0n) is 24.9. The first-order valence-corrected chi connectivity index (χ1v) is 14.5. The van der Waals surface area contributed by atoms with Gasteiger partial charge in [-0.05, 0) is 55.5 Å². The lowest BCUT2D eigenvalue weighted by molar-refractivity contribution is 0.192. The maximum absolute atomic E-state index is 6.17. The van der Waals surface area contributed by atoms with Crippen LogP contribution in [0, 0.1) is 0 Å². The van der Waals surface area contributed by atoms with Gasteiger partial charge in [-0.25, -0.2) is 0 Å². The number of benzene rings is 1. The molecular formula is C32H48N4O3. The first kappa shape index (κ1) is 31.9. The van der Waals surface area contributed by atoms with Gasteiger partial charge in [-0.2, -0.15) is 5.11 Å². The number of hydrogen-bond donors (Lipinski definition) is 1. The highest BCUT2D eigenvalue weighted by atomic mass is 16.5. The molecule has 0 bridgehead atoms. The summed E-state index contributed by atoms with van der Waals surface area (Å²) in [6.07, 6.45) is 16.2. The predicted octanol–water partition coefficient (Wildman–Crippen LogP) is 9.15. The molecule has 2 aromatic rings. The molecule has 0 fully saturated rings. The van der Waals surface area contributed by atoms with Crippen LogP contribution in [-0.2, 0) is 11.2 Å². The number of aryl methyl sites for hydroxylation is 1. The topological polar surface area (TPSA) is 81.2 Å². The van der Waals surface area contributed by atoms with E-state index in [0.29, 0.717) is 24.8 Å². The Morgan fingerprint density at radius 2 is 1.82 bits per heavy atom. The number of nitrogens with one attached hydrogen (secondary N) is 1. The van der Waals surface area contributed by atoms with E-state index in [9.17, 15) is 0 Å². The lowest BCUT2D eigenvalue weighted by Crippen LogP contribution is -2.04. The van der Waals surface area contributed by atoms with Gasteiger partial charge in [-0.3, -0.25) is 5.43 Å². The van der Waals surface area contributed by atoms with Gasteiger partial charge >= 0.3 is 0 Å². The third-order valence-corrected chi connectivity index (χ3v) is 6.59. The van der Waals surface area contributed by atoms with Crippen LogP contribution in [0.4, 0.5) is 0 Å². The van der Waals surface area contributed by atoms with Crippen molar-refractivity contribution < 1.29 is 14.0 Å². The minimum atomic E-state index is 0.377. The first-order valence-electron chi connectivity index (χ1n) is 14.5. The average molecular weight is 537 g/mol. The molecule has 0 spiro atoms. The minimum Gasteiger partial charge on any atom is -0.498 e. The van der Waals surface area contributed by atoms with Crippen molar-refractivity contribution >= 4 is 11.0 Å². The van der Waals surface area contributed by atoms with E-state index in [2.05, 4.69) is 80.3 Å². The molecule has 0 aliphatic heterocycles. The Morgan fingerprint density at radius 3 is 2.49 bits per heavy atom. The molecule has 3 rings (SSSR count). The number of rotatable bonds is 15. The van der Waals surface area contributed by atoms with Gasteiger partial charge in [-0.15, -0.1) is 0 Å². The van der Waals surface area contributed by atoms with Crippen molar-refractivity contribution in [3.63, 3.8) is 0 Å². The van der Waals surface area contributed by atoms with Gasteiger partial charge in [0.15, 0.2) is 5.58 Å². The molecule has 7 nitrogen and oxygen atoms in total. The molecule has 1 aromatic heterocycles. The number of aromatic nitrogens is 1. The molecule has 214 valence electrons. The highest BCUT2D eigenvalue weighted by Crippen LogP contribution is 2.34. The monoisotopic (exact) mass is 536 g/mol. The van der Waals surface area contributed by atoms with E-state index in [4.69, 9.17) is 14.0 Å². The van der Waals surface area contributed by atoms with Crippen molar-refractivity contribution in [1.82, 2.24) is 10.6 Å². The summed E-state index contributed by atoms with van der Waals surface area (Å²) in [6.45, 7) is 16.2. The van der Waals surface area contributed by atoms with Gasteiger partial charge in [0.1, 0.15) is 5.75 Å². The molecule has 0 saturated carbocycles. The third kappa shape index (κ3) is 10.0. The van der Waals surface area contributed by atoms with Gasteiger partial charge in [0.2, 0.25) is 0 Å². The van der Waals surface area contributed by atoms with E-state index < -0.39 is 0 Å². The number of nitrogens with zero attached hydrogens (tertiary/aromatic N) is 3. The Morgan fingerprint density at radius 1 is 1.08 bits per heavy atom. The summed E-state index contributed by atoms with van der Waals surface area (Å²) in [5, 5.41) is 12.9. The standard InChI is InChI=1S/C28H38N4O3.C4H10/c1-6-11-24-26(17-16-25-27(20(3)7-2)31-35-28(24)25)34-19-9-8-18-33-23-13-10-12-22(14-15-23)21(4)30-32-29-5;1-3-4-2/h10,12,14-17,20H,4,6-9,11,13,18-19H2,1-3,5H3,(H,29,30);3-4H2,1-2H3.